The number of anilines is 1. The van der Waals surface area contributed by atoms with Crippen molar-refractivity contribution in [1.29, 1.82) is 0 Å². The lowest BCUT2D eigenvalue weighted by molar-refractivity contribution is 0.500. The van der Waals surface area contributed by atoms with E-state index in [1.807, 2.05) is 0 Å². The van der Waals surface area contributed by atoms with Crippen molar-refractivity contribution in [2.75, 3.05) is 5.43 Å². The number of benzene rings is 1. The Morgan fingerprint density at radius 2 is 2.10 bits per heavy atom. The first kappa shape index (κ1) is 14.3. The van der Waals surface area contributed by atoms with Crippen LogP contribution in [0.3, 0.4) is 0 Å². The number of hydrazone groups is 1. The molecule has 3 rings (SSSR count). The monoisotopic (exact) mass is 299 g/mol. The zero-order chi connectivity index (χ0) is 14.7. The van der Waals surface area contributed by atoms with Crippen LogP contribution in [-0.4, -0.2) is 10.7 Å². The van der Waals surface area contributed by atoms with E-state index in [9.17, 15) is 0 Å². The summed E-state index contributed by atoms with van der Waals surface area (Å²) in [6.45, 7) is 4.40. The highest BCUT2D eigenvalue weighted by Gasteiger charge is 2.14. The van der Waals surface area contributed by atoms with Gasteiger partial charge in [-0.25, -0.2) is 4.98 Å². The van der Waals surface area contributed by atoms with Gasteiger partial charge in [-0.3, -0.25) is 5.43 Å². The second kappa shape index (κ2) is 6.39. The Labute approximate surface area is 130 Å². The second-order valence-electron chi connectivity index (χ2n) is 5.90. The normalized spacial score (nSPS) is 20.7. The van der Waals surface area contributed by atoms with Gasteiger partial charge in [0.15, 0.2) is 0 Å². The van der Waals surface area contributed by atoms with Gasteiger partial charge in [0.2, 0.25) is 5.13 Å². The molecule has 4 heteroatoms. The molecule has 0 aliphatic heterocycles. The molecule has 0 spiro atoms. The summed E-state index contributed by atoms with van der Waals surface area (Å²) in [7, 11) is 0. The van der Waals surface area contributed by atoms with E-state index < -0.39 is 0 Å². The first-order valence-corrected chi connectivity index (χ1v) is 8.42. The summed E-state index contributed by atoms with van der Waals surface area (Å²) >= 11 is 1.61. The van der Waals surface area contributed by atoms with Crippen LogP contribution >= 0.6 is 11.3 Å². The van der Waals surface area contributed by atoms with Crippen LogP contribution in [0, 0.1) is 12.8 Å². The molecule has 21 heavy (non-hydrogen) atoms. The highest BCUT2D eigenvalue weighted by molar-refractivity contribution is 7.14. The van der Waals surface area contributed by atoms with Crippen LogP contribution in [0.2, 0.25) is 0 Å². The molecular formula is C17H21N3S. The fraction of sp³-hybridized carbons (Fsp3) is 0.412. The average Bonchev–Trinajstić information content (AvgIpc) is 2.95. The third-order valence-electron chi connectivity index (χ3n) is 3.91. The molecule has 0 saturated heterocycles. The number of aryl methyl sites for hydroxylation is 1. The van der Waals surface area contributed by atoms with Crippen molar-refractivity contribution < 1.29 is 0 Å². The van der Waals surface area contributed by atoms with Gasteiger partial charge in [-0.1, -0.05) is 36.8 Å². The summed E-state index contributed by atoms with van der Waals surface area (Å²) in [6, 6.07) is 8.46. The molecule has 0 amide bonds. The summed E-state index contributed by atoms with van der Waals surface area (Å²) < 4.78 is 0. The van der Waals surface area contributed by atoms with Crippen LogP contribution in [0.25, 0.3) is 11.3 Å². The van der Waals surface area contributed by atoms with Crippen molar-refractivity contribution in [3.63, 3.8) is 0 Å². The van der Waals surface area contributed by atoms with Gasteiger partial charge in [0.05, 0.1) is 5.69 Å². The first-order chi connectivity index (χ1) is 10.2. The predicted octanol–water partition coefficient (Wildman–Crippen LogP) is 5.10. The van der Waals surface area contributed by atoms with E-state index in [1.54, 1.807) is 11.3 Å². The number of thiazole rings is 1. The number of hydrogen-bond acceptors (Lipinski definition) is 4. The van der Waals surface area contributed by atoms with Crippen LogP contribution in [-0.2, 0) is 0 Å². The lowest BCUT2D eigenvalue weighted by Crippen LogP contribution is -2.13. The zero-order valence-corrected chi connectivity index (χ0v) is 13.4. The van der Waals surface area contributed by atoms with Gasteiger partial charge in [0.25, 0.3) is 0 Å². The van der Waals surface area contributed by atoms with E-state index in [0.717, 1.165) is 35.1 Å². The SMILES string of the molecule is Cc1ccc(-c2csc(N/N=C3\CCC[C@@H](C)C3)n2)cc1. The fourth-order valence-electron chi connectivity index (χ4n) is 2.67. The molecule has 1 aromatic carbocycles. The van der Waals surface area contributed by atoms with Gasteiger partial charge in [-0.05, 0) is 38.5 Å². The fourth-order valence-corrected chi connectivity index (χ4v) is 3.33. The van der Waals surface area contributed by atoms with Crippen LogP contribution in [0.5, 0.6) is 0 Å². The molecule has 1 N–H and O–H groups in total. The molecule has 1 fully saturated rings. The van der Waals surface area contributed by atoms with Gasteiger partial charge < -0.3 is 0 Å². The second-order valence-corrected chi connectivity index (χ2v) is 6.75. The quantitative estimate of drug-likeness (QED) is 0.801. The Bertz CT molecular complexity index is 628. The molecule has 1 atom stereocenters. The molecule has 1 saturated carbocycles. The average molecular weight is 299 g/mol. The number of nitrogens with zero attached hydrogens (tertiary/aromatic N) is 2. The zero-order valence-electron chi connectivity index (χ0n) is 12.6. The predicted molar refractivity (Wildman–Crippen MR) is 91.0 cm³/mol. The molecule has 1 aliphatic carbocycles. The standard InChI is InChI=1S/C17H21N3S/c1-12-6-8-14(9-7-12)16-11-21-17(18-16)20-19-15-5-3-4-13(2)10-15/h6-9,11,13H,3-5,10H2,1-2H3,(H,18,20)/b19-15+/t13-/m1/s1. The van der Waals surface area contributed by atoms with Gasteiger partial charge in [0.1, 0.15) is 0 Å². The maximum absolute atomic E-state index is 4.61. The third-order valence-corrected chi connectivity index (χ3v) is 4.65. The topological polar surface area (TPSA) is 37.3 Å². The smallest absolute Gasteiger partial charge is 0.203 e. The molecule has 3 nitrogen and oxygen atoms in total. The van der Waals surface area contributed by atoms with Gasteiger partial charge in [-0.15, -0.1) is 11.3 Å². The maximum Gasteiger partial charge on any atom is 0.203 e. The summed E-state index contributed by atoms with van der Waals surface area (Å²) in [5.74, 6) is 0.763. The van der Waals surface area contributed by atoms with Gasteiger partial charge >= 0.3 is 0 Å². The molecular weight excluding hydrogens is 278 g/mol. The Hall–Kier alpha value is -1.68. The summed E-state index contributed by atoms with van der Waals surface area (Å²) in [6.07, 6.45) is 4.82. The minimum Gasteiger partial charge on any atom is -0.253 e. The van der Waals surface area contributed by atoms with Crippen molar-refractivity contribution in [3.05, 3.63) is 35.2 Å². The minimum absolute atomic E-state index is 0.763. The van der Waals surface area contributed by atoms with Crippen LogP contribution in [0.15, 0.2) is 34.7 Å². The number of hydrogen-bond donors (Lipinski definition) is 1. The van der Waals surface area contributed by atoms with Crippen molar-refractivity contribution >= 4 is 22.2 Å². The Morgan fingerprint density at radius 3 is 2.86 bits per heavy atom. The van der Waals surface area contributed by atoms with E-state index in [1.165, 1.54) is 24.1 Å². The van der Waals surface area contributed by atoms with Gasteiger partial charge in [0, 0.05) is 16.7 Å². The van der Waals surface area contributed by atoms with Crippen molar-refractivity contribution in [2.45, 2.75) is 39.5 Å². The summed E-state index contributed by atoms with van der Waals surface area (Å²) in [4.78, 5) is 4.61. The van der Waals surface area contributed by atoms with Crippen molar-refractivity contribution in [1.82, 2.24) is 4.98 Å². The number of nitrogens with one attached hydrogen (secondary N) is 1. The first-order valence-electron chi connectivity index (χ1n) is 7.55. The molecule has 1 heterocycles. The summed E-state index contributed by atoms with van der Waals surface area (Å²) in [5, 5.41) is 7.49. The molecule has 110 valence electrons. The molecule has 1 aliphatic rings. The van der Waals surface area contributed by atoms with E-state index in [4.69, 9.17) is 0 Å². The van der Waals surface area contributed by atoms with E-state index in [-0.39, 0.29) is 0 Å². The minimum atomic E-state index is 0.763. The maximum atomic E-state index is 4.61. The van der Waals surface area contributed by atoms with Crippen molar-refractivity contribution in [2.24, 2.45) is 11.0 Å². The lowest BCUT2D eigenvalue weighted by Gasteiger charge is -2.18. The van der Waals surface area contributed by atoms with Crippen LogP contribution in [0.4, 0.5) is 5.13 Å². The van der Waals surface area contributed by atoms with E-state index in [0.29, 0.717) is 0 Å². The van der Waals surface area contributed by atoms with Gasteiger partial charge in [-0.2, -0.15) is 5.10 Å². The molecule has 0 bridgehead atoms. The molecule has 0 unspecified atom stereocenters. The van der Waals surface area contributed by atoms with Crippen molar-refractivity contribution in [3.8, 4) is 11.3 Å². The summed E-state index contributed by atoms with van der Waals surface area (Å²) in [5.41, 5.74) is 7.85. The van der Waals surface area contributed by atoms with Crippen LogP contribution < -0.4 is 5.43 Å². The highest BCUT2D eigenvalue weighted by atomic mass is 32.1. The molecule has 1 aromatic heterocycles. The number of rotatable bonds is 3. The Morgan fingerprint density at radius 1 is 1.29 bits per heavy atom. The third kappa shape index (κ3) is 3.70. The molecule has 2 aromatic rings. The van der Waals surface area contributed by atoms with E-state index >= 15 is 0 Å². The van der Waals surface area contributed by atoms with E-state index in [2.05, 4.69) is 59.0 Å². The molecule has 0 radical (unpaired) electrons. The van der Waals surface area contributed by atoms with Crippen LogP contribution in [0.1, 0.15) is 38.2 Å². The highest BCUT2D eigenvalue weighted by Crippen LogP contribution is 2.26. The largest absolute Gasteiger partial charge is 0.253 e. The Kier molecular flexibility index (Phi) is 4.34. The Balaban J connectivity index is 1.67. The number of aromatic nitrogens is 1. The lowest BCUT2D eigenvalue weighted by atomic mass is 9.89.